The van der Waals surface area contributed by atoms with Crippen LogP contribution in [0.5, 0.6) is 0 Å². The second-order valence-corrected chi connectivity index (χ2v) is 28.4. The molecule has 0 aromatic rings. The van der Waals surface area contributed by atoms with Gasteiger partial charge in [-0.1, -0.05) is 343 Å². The van der Waals surface area contributed by atoms with E-state index in [4.69, 9.17) is 18.5 Å². The largest absolute Gasteiger partial charge is 0.756 e. The van der Waals surface area contributed by atoms with E-state index in [1.54, 1.807) is 0 Å². The van der Waals surface area contributed by atoms with Crippen LogP contribution in [-0.2, 0) is 32.7 Å². The Labute approximate surface area is 558 Å². The molecular weight excluding hydrogens is 1130 g/mol. The molecule has 0 bridgehead atoms. The molecule has 0 aromatic heterocycles. The number of quaternary nitrogens is 1. The Bertz CT molecular complexity index is 1800. The number of rotatable bonds is 71. The van der Waals surface area contributed by atoms with Gasteiger partial charge in [0, 0.05) is 12.8 Å². The number of esters is 2. The van der Waals surface area contributed by atoms with Crippen molar-refractivity contribution in [1.29, 1.82) is 0 Å². The van der Waals surface area contributed by atoms with Gasteiger partial charge >= 0.3 is 11.9 Å². The molecule has 0 spiro atoms. The van der Waals surface area contributed by atoms with E-state index in [-0.39, 0.29) is 32.0 Å². The van der Waals surface area contributed by atoms with E-state index in [0.717, 1.165) is 70.6 Å². The lowest BCUT2D eigenvalue weighted by atomic mass is 10.0. The van der Waals surface area contributed by atoms with Crippen molar-refractivity contribution in [2.45, 2.75) is 367 Å². The Morgan fingerprint density at radius 1 is 0.356 bits per heavy atom. The standard InChI is InChI=1S/C80H146NO8P/c1-6-8-10-12-14-16-18-20-22-24-26-28-30-32-34-36-38-39-40-41-43-45-47-49-51-53-55-57-59-61-63-65-67-69-71-73-80(83)89-78(77-88-90(84,85)87-75-74-81(3,4)5)76-86-79(82)72-70-68-66-64-62-60-58-56-54-52-50-48-46-44-42-37-35-33-31-29-27-25-23-21-19-17-15-13-11-9-7-2/h8,10,14,16,19-22,25-28,31,33,78H,6-7,9,11-13,15,17-18,23-24,29-30,32,34-77H2,1-5H3/b10-8-,16-14-,21-19-,22-20-,27-25-,28-26-,33-31-. The zero-order valence-corrected chi connectivity index (χ0v) is 60.7. The molecule has 0 amide bonds. The van der Waals surface area contributed by atoms with Crippen molar-refractivity contribution in [2.24, 2.45) is 0 Å². The second kappa shape index (κ2) is 70.5. The van der Waals surface area contributed by atoms with Crippen LogP contribution in [0.1, 0.15) is 361 Å². The number of phosphoric ester groups is 1. The quantitative estimate of drug-likeness (QED) is 0.0195. The Morgan fingerprint density at radius 2 is 0.633 bits per heavy atom. The molecular formula is C80H146NO8P. The highest BCUT2D eigenvalue weighted by atomic mass is 31.2. The molecule has 2 atom stereocenters. The summed E-state index contributed by atoms with van der Waals surface area (Å²) >= 11 is 0. The number of allylic oxidation sites excluding steroid dienone is 14. The fourth-order valence-corrected chi connectivity index (χ4v) is 11.8. The maximum Gasteiger partial charge on any atom is 0.306 e. The van der Waals surface area contributed by atoms with Crippen LogP contribution in [0.15, 0.2) is 85.1 Å². The number of hydrogen-bond donors (Lipinski definition) is 0. The third-order valence-corrected chi connectivity index (χ3v) is 17.9. The molecule has 0 aliphatic rings. The summed E-state index contributed by atoms with van der Waals surface area (Å²) in [7, 11) is 1.18. The third-order valence-electron chi connectivity index (χ3n) is 16.9. The number of phosphoric acid groups is 1. The van der Waals surface area contributed by atoms with Gasteiger partial charge in [0.15, 0.2) is 6.10 Å². The molecule has 9 nitrogen and oxygen atoms in total. The molecule has 0 N–H and O–H groups in total. The van der Waals surface area contributed by atoms with Gasteiger partial charge < -0.3 is 27.9 Å². The van der Waals surface area contributed by atoms with Gasteiger partial charge in [-0.2, -0.15) is 0 Å². The molecule has 0 aliphatic carbocycles. The van der Waals surface area contributed by atoms with Crippen molar-refractivity contribution in [1.82, 2.24) is 0 Å². The van der Waals surface area contributed by atoms with E-state index >= 15 is 0 Å². The molecule has 10 heteroatoms. The minimum atomic E-state index is -4.65. The van der Waals surface area contributed by atoms with Gasteiger partial charge in [0.25, 0.3) is 7.82 Å². The molecule has 0 saturated carbocycles. The molecule has 0 saturated heterocycles. The van der Waals surface area contributed by atoms with Crippen molar-refractivity contribution < 1.29 is 42.1 Å². The predicted octanol–water partition coefficient (Wildman–Crippen LogP) is 24.6. The van der Waals surface area contributed by atoms with Crippen LogP contribution in [0.25, 0.3) is 0 Å². The minimum Gasteiger partial charge on any atom is -0.756 e. The summed E-state index contributed by atoms with van der Waals surface area (Å²) in [5.41, 5.74) is 0. The highest BCUT2D eigenvalue weighted by Gasteiger charge is 2.22. The lowest BCUT2D eigenvalue weighted by molar-refractivity contribution is -0.870. The number of carbonyl (C=O) groups is 2. The van der Waals surface area contributed by atoms with Crippen molar-refractivity contribution in [3.63, 3.8) is 0 Å². The van der Waals surface area contributed by atoms with Gasteiger partial charge in [0.05, 0.1) is 27.7 Å². The summed E-state index contributed by atoms with van der Waals surface area (Å²) in [4.78, 5) is 38.2. The summed E-state index contributed by atoms with van der Waals surface area (Å²) in [6.07, 6.45) is 96.9. The molecule has 524 valence electrons. The summed E-state index contributed by atoms with van der Waals surface area (Å²) in [5, 5.41) is 0. The first-order valence-corrected chi connectivity index (χ1v) is 39.8. The monoisotopic (exact) mass is 1280 g/mol. The average Bonchev–Trinajstić information content (AvgIpc) is 3.61. The van der Waals surface area contributed by atoms with Crippen LogP contribution in [-0.4, -0.2) is 70.0 Å². The number of hydrogen-bond acceptors (Lipinski definition) is 8. The predicted molar refractivity (Wildman–Crippen MR) is 388 cm³/mol. The molecule has 0 aliphatic heterocycles. The SMILES string of the molecule is CC/C=C\C/C=C\C/C=C\C/C=C\CCCCCCCCCCCCCCCCCCCCCCCCC(=O)OC(COC(=O)CCCCCCCCCCCCCCCCCC/C=C\C/C=C\C/C=C\CCCCCCC)COP(=O)([O-])OCC[N+](C)(C)C. The number of unbranched alkanes of at least 4 members (excludes halogenated alkanes) is 43. The van der Waals surface area contributed by atoms with Crippen LogP contribution in [0, 0.1) is 0 Å². The topological polar surface area (TPSA) is 111 Å². The zero-order chi connectivity index (χ0) is 65.5. The maximum atomic E-state index is 12.9. The highest BCUT2D eigenvalue weighted by Crippen LogP contribution is 2.38. The van der Waals surface area contributed by atoms with Gasteiger partial charge in [-0.3, -0.25) is 14.2 Å². The molecule has 0 heterocycles. The second-order valence-electron chi connectivity index (χ2n) is 27.0. The fourth-order valence-electron chi connectivity index (χ4n) is 11.1. The lowest BCUT2D eigenvalue weighted by Gasteiger charge is -2.28. The van der Waals surface area contributed by atoms with Gasteiger partial charge in [0.1, 0.15) is 19.8 Å². The Hall–Kier alpha value is -2.81. The Balaban J connectivity index is 3.96. The average molecular weight is 1280 g/mol. The number of carbonyl (C=O) groups excluding carboxylic acids is 2. The first-order chi connectivity index (χ1) is 44.0. The summed E-state index contributed by atoms with van der Waals surface area (Å²) < 4.78 is 34.4. The van der Waals surface area contributed by atoms with Crippen molar-refractivity contribution >= 4 is 19.8 Å². The molecule has 0 fully saturated rings. The Kier molecular flexibility index (Phi) is 68.3. The minimum absolute atomic E-state index is 0.0305. The van der Waals surface area contributed by atoms with E-state index in [1.807, 2.05) is 21.1 Å². The van der Waals surface area contributed by atoms with Crippen LogP contribution >= 0.6 is 7.82 Å². The zero-order valence-electron chi connectivity index (χ0n) is 59.8. The number of ether oxygens (including phenoxy) is 2. The van der Waals surface area contributed by atoms with Crippen LogP contribution in [0.2, 0.25) is 0 Å². The van der Waals surface area contributed by atoms with Crippen LogP contribution in [0.4, 0.5) is 0 Å². The van der Waals surface area contributed by atoms with Crippen molar-refractivity contribution in [2.75, 3.05) is 47.5 Å². The van der Waals surface area contributed by atoms with E-state index in [1.165, 1.54) is 257 Å². The smallest absolute Gasteiger partial charge is 0.306 e. The van der Waals surface area contributed by atoms with Crippen LogP contribution in [0.3, 0.4) is 0 Å². The lowest BCUT2D eigenvalue weighted by Crippen LogP contribution is -2.37. The van der Waals surface area contributed by atoms with E-state index < -0.39 is 26.5 Å². The van der Waals surface area contributed by atoms with Crippen molar-refractivity contribution in [3.05, 3.63) is 85.1 Å². The van der Waals surface area contributed by atoms with Crippen molar-refractivity contribution in [3.8, 4) is 0 Å². The highest BCUT2D eigenvalue weighted by molar-refractivity contribution is 7.45. The summed E-state index contributed by atoms with van der Waals surface area (Å²) in [6, 6.07) is 0. The molecule has 0 radical (unpaired) electrons. The number of likely N-dealkylation sites (N-methyl/N-ethyl adjacent to an activating group) is 1. The maximum absolute atomic E-state index is 12.9. The third kappa shape index (κ3) is 74.2. The van der Waals surface area contributed by atoms with E-state index in [2.05, 4.69) is 98.9 Å². The van der Waals surface area contributed by atoms with Gasteiger partial charge in [-0.15, -0.1) is 0 Å². The van der Waals surface area contributed by atoms with Crippen LogP contribution < -0.4 is 4.89 Å². The number of nitrogens with zero attached hydrogens (tertiary/aromatic N) is 1. The fraction of sp³-hybridized carbons (Fsp3) is 0.800. The first kappa shape index (κ1) is 87.2. The summed E-state index contributed by atoms with van der Waals surface area (Å²) in [6.45, 7) is 4.17. The van der Waals surface area contributed by atoms with Gasteiger partial charge in [-0.05, 0) is 89.9 Å². The van der Waals surface area contributed by atoms with Gasteiger partial charge in [0.2, 0.25) is 0 Å². The molecule has 2 unspecified atom stereocenters. The Morgan fingerprint density at radius 3 is 0.944 bits per heavy atom. The first-order valence-electron chi connectivity index (χ1n) is 38.3. The molecule has 0 aromatic carbocycles. The normalized spacial score (nSPS) is 13.5. The van der Waals surface area contributed by atoms with E-state index in [9.17, 15) is 19.0 Å². The summed E-state index contributed by atoms with van der Waals surface area (Å²) in [5.74, 6) is -0.817. The van der Waals surface area contributed by atoms with Gasteiger partial charge in [-0.25, -0.2) is 0 Å². The molecule has 0 rings (SSSR count). The molecule has 90 heavy (non-hydrogen) atoms. The van der Waals surface area contributed by atoms with E-state index in [0.29, 0.717) is 17.4 Å².